The van der Waals surface area contributed by atoms with Crippen molar-refractivity contribution in [1.82, 2.24) is 19.8 Å². The van der Waals surface area contributed by atoms with Gasteiger partial charge in [-0.15, -0.1) is 0 Å². The molecule has 5 aromatic rings. The number of fused-ring (bicyclic) bond motifs is 3. The number of nitrogens with one attached hydrogen (secondary N) is 2. The summed E-state index contributed by atoms with van der Waals surface area (Å²) in [5.41, 5.74) is 1.86. The zero-order valence-corrected chi connectivity index (χ0v) is 32.2. The minimum Gasteiger partial charge on any atom is -0.401 e. The van der Waals surface area contributed by atoms with Crippen molar-refractivity contribution in [1.29, 1.82) is 0 Å². The second kappa shape index (κ2) is 15.2. The van der Waals surface area contributed by atoms with Crippen molar-refractivity contribution in [3.63, 3.8) is 0 Å². The molecule has 0 amide bonds. The molecule has 4 heterocycles. The molecular formula is C42H48F5N5OSi. The molecule has 0 bridgehead atoms. The summed E-state index contributed by atoms with van der Waals surface area (Å²) in [5, 5.41) is 5.21. The molecule has 54 heavy (non-hydrogen) atoms. The Morgan fingerprint density at radius 1 is 0.963 bits per heavy atom. The molecule has 6 nitrogen and oxygen atoms in total. The standard InChI is InChI=1S/C42H48F5N5OSi/c1-28-22-33-32-16-19-48-40(32)49-25-34(33)39(38-35(44)23-29(24-36(38)45)50-37-17-21-51(37)20-11-18-43)52(28)26-42(46,47)27-53-54(41(2,3)4,30-12-7-5-8-13-30)31-14-9-6-10-15-31/h5-10,12-16,19,23-25,28,37,39,50H,11,17-18,20-22,26-27H2,1-4H3,(H,48,49). The largest absolute Gasteiger partial charge is 0.401 e. The number of likely N-dealkylation sites (tertiary alicyclic amines) is 1. The van der Waals surface area contributed by atoms with E-state index in [0.29, 0.717) is 30.6 Å². The number of hydrogen-bond donors (Lipinski definition) is 2. The molecule has 0 saturated carbocycles. The number of rotatable bonds is 13. The first kappa shape index (κ1) is 38.2. The summed E-state index contributed by atoms with van der Waals surface area (Å²) in [6, 6.07) is 21.8. The fourth-order valence-electron chi connectivity index (χ4n) is 8.50. The van der Waals surface area contributed by atoms with E-state index in [4.69, 9.17) is 4.43 Å². The number of benzene rings is 3. The van der Waals surface area contributed by atoms with Crippen molar-refractivity contribution >= 4 is 35.4 Å². The predicted molar refractivity (Wildman–Crippen MR) is 207 cm³/mol. The van der Waals surface area contributed by atoms with Gasteiger partial charge in [-0.3, -0.25) is 14.2 Å². The van der Waals surface area contributed by atoms with Crippen LogP contribution in [0, 0.1) is 11.6 Å². The molecule has 2 N–H and O–H groups in total. The van der Waals surface area contributed by atoms with E-state index in [-0.39, 0.29) is 17.4 Å². The minimum absolute atomic E-state index is 0.173. The van der Waals surface area contributed by atoms with Gasteiger partial charge in [0.25, 0.3) is 14.2 Å². The maximum absolute atomic E-state index is 16.8. The van der Waals surface area contributed by atoms with E-state index in [1.165, 1.54) is 17.0 Å². The molecule has 0 radical (unpaired) electrons. The molecular weight excluding hydrogens is 714 g/mol. The summed E-state index contributed by atoms with van der Waals surface area (Å²) in [5.74, 6) is -5.10. The van der Waals surface area contributed by atoms with Crippen molar-refractivity contribution in [2.45, 2.75) is 76.2 Å². The Morgan fingerprint density at radius 2 is 1.61 bits per heavy atom. The van der Waals surface area contributed by atoms with Crippen LogP contribution < -0.4 is 15.7 Å². The van der Waals surface area contributed by atoms with Gasteiger partial charge in [0.2, 0.25) is 0 Å². The molecule has 3 unspecified atom stereocenters. The van der Waals surface area contributed by atoms with Crippen LogP contribution >= 0.6 is 0 Å². The Kier molecular flexibility index (Phi) is 10.7. The zero-order valence-electron chi connectivity index (χ0n) is 31.2. The van der Waals surface area contributed by atoms with Crippen LogP contribution in [0.2, 0.25) is 5.04 Å². The van der Waals surface area contributed by atoms with Crippen molar-refractivity contribution in [2.24, 2.45) is 0 Å². The molecule has 3 atom stereocenters. The quantitative estimate of drug-likeness (QED) is 0.0937. The van der Waals surface area contributed by atoms with Crippen LogP contribution in [-0.4, -0.2) is 79.1 Å². The Morgan fingerprint density at radius 3 is 2.19 bits per heavy atom. The fraction of sp³-hybridized carbons (Fsp3) is 0.405. The number of anilines is 1. The number of halogens is 5. The van der Waals surface area contributed by atoms with Crippen LogP contribution in [-0.2, 0) is 10.8 Å². The Labute approximate surface area is 314 Å². The van der Waals surface area contributed by atoms with E-state index in [0.717, 1.165) is 34.3 Å². The third-order valence-electron chi connectivity index (χ3n) is 11.1. The van der Waals surface area contributed by atoms with Gasteiger partial charge in [0, 0.05) is 48.2 Å². The lowest BCUT2D eigenvalue weighted by molar-refractivity contribution is -0.0823. The van der Waals surface area contributed by atoms with E-state index in [2.05, 4.69) is 15.3 Å². The number of H-pyrrole nitrogens is 1. The smallest absolute Gasteiger partial charge is 0.282 e. The highest BCUT2D eigenvalue weighted by atomic mass is 28.4. The van der Waals surface area contributed by atoms with Gasteiger partial charge in [-0.1, -0.05) is 81.4 Å². The molecule has 7 rings (SSSR count). The monoisotopic (exact) mass is 761 g/mol. The van der Waals surface area contributed by atoms with Gasteiger partial charge in [-0.25, -0.2) is 22.5 Å². The number of hydrogen-bond acceptors (Lipinski definition) is 5. The van der Waals surface area contributed by atoms with Gasteiger partial charge in [-0.2, -0.15) is 0 Å². The van der Waals surface area contributed by atoms with E-state index in [1.807, 2.05) is 99.3 Å². The highest BCUT2D eigenvalue weighted by Crippen LogP contribution is 2.44. The first-order chi connectivity index (χ1) is 25.8. The van der Waals surface area contributed by atoms with Gasteiger partial charge in [-0.05, 0) is 70.9 Å². The van der Waals surface area contributed by atoms with Gasteiger partial charge in [0.15, 0.2) is 0 Å². The van der Waals surface area contributed by atoms with Crippen molar-refractivity contribution in [2.75, 3.05) is 38.2 Å². The molecule has 2 aliphatic heterocycles. The van der Waals surface area contributed by atoms with E-state index >= 15 is 17.6 Å². The second-order valence-electron chi connectivity index (χ2n) is 15.7. The third kappa shape index (κ3) is 7.21. The summed E-state index contributed by atoms with van der Waals surface area (Å²) in [6.45, 7) is 7.10. The molecule has 3 aromatic carbocycles. The molecule has 0 spiro atoms. The lowest BCUT2D eigenvalue weighted by Crippen LogP contribution is -2.67. The molecule has 286 valence electrons. The van der Waals surface area contributed by atoms with Crippen LogP contribution in [0.5, 0.6) is 0 Å². The molecule has 2 aliphatic rings. The third-order valence-corrected chi connectivity index (χ3v) is 16.1. The lowest BCUT2D eigenvalue weighted by atomic mass is 9.84. The highest BCUT2D eigenvalue weighted by Gasteiger charge is 2.52. The van der Waals surface area contributed by atoms with E-state index in [9.17, 15) is 4.39 Å². The van der Waals surface area contributed by atoms with Crippen molar-refractivity contribution < 1.29 is 26.4 Å². The van der Waals surface area contributed by atoms with Crippen LogP contribution in [0.4, 0.5) is 27.6 Å². The van der Waals surface area contributed by atoms with Gasteiger partial charge in [0.1, 0.15) is 17.3 Å². The lowest BCUT2D eigenvalue weighted by Gasteiger charge is -2.46. The second-order valence-corrected chi connectivity index (χ2v) is 20.1. The Bertz CT molecular complexity index is 1990. The summed E-state index contributed by atoms with van der Waals surface area (Å²) in [4.78, 5) is 11.2. The van der Waals surface area contributed by atoms with Gasteiger partial charge >= 0.3 is 0 Å². The predicted octanol–water partition coefficient (Wildman–Crippen LogP) is 8.19. The topological polar surface area (TPSA) is 56.4 Å². The molecule has 12 heteroatoms. The Balaban J connectivity index is 1.24. The highest BCUT2D eigenvalue weighted by molar-refractivity contribution is 6.99. The molecule has 2 aromatic heterocycles. The van der Waals surface area contributed by atoms with E-state index < -0.39 is 62.8 Å². The molecule has 1 saturated heterocycles. The summed E-state index contributed by atoms with van der Waals surface area (Å²) in [7, 11) is -3.31. The normalized spacial score (nSPS) is 19.8. The molecule has 0 aliphatic carbocycles. The van der Waals surface area contributed by atoms with Crippen molar-refractivity contribution in [3.8, 4) is 0 Å². The minimum atomic E-state index is -3.41. The number of alkyl halides is 3. The Hall–Kier alpha value is -4.10. The average Bonchev–Trinajstić information content (AvgIpc) is 3.62. The van der Waals surface area contributed by atoms with Crippen LogP contribution in [0.3, 0.4) is 0 Å². The van der Waals surface area contributed by atoms with E-state index in [1.54, 1.807) is 12.4 Å². The van der Waals surface area contributed by atoms with Crippen LogP contribution in [0.15, 0.2) is 91.3 Å². The maximum Gasteiger partial charge on any atom is 0.282 e. The fourth-order valence-corrected chi connectivity index (χ4v) is 13.1. The van der Waals surface area contributed by atoms with Crippen LogP contribution in [0.25, 0.3) is 11.0 Å². The average molecular weight is 762 g/mol. The first-order valence-corrected chi connectivity index (χ1v) is 20.6. The zero-order chi connectivity index (χ0) is 38.3. The maximum atomic E-state index is 16.8. The number of aromatic amines is 1. The van der Waals surface area contributed by atoms with Crippen LogP contribution in [0.1, 0.15) is 63.3 Å². The number of nitrogens with zero attached hydrogens (tertiary/aromatic N) is 3. The SMILES string of the molecule is CC1Cc2c(cnc3[nH]ccc23)C(c2c(F)cc(NC3CCN3CCCF)cc2F)N1CC(F)(F)CO[Si](c1ccccc1)(c1ccccc1)C(C)(C)C. The number of pyridine rings is 1. The first-order valence-electron chi connectivity index (χ1n) is 18.7. The van der Waals surface area contributed by atoms with Gasteiger partial charge < -0.3 is 14.7 Å². The van der Waals surface area contributed by atoms with Gasteiger partial charge in [0.05, 0.1) is 32.0 Å². The molecule has 1 fully saturated rings. The van der Waals surface area contributed by atoms with Crippen molar-refractivity contribution in [3.05, 3.63) is 120 Å². The summed E-state index contributed by atoms with van der Waals surface area (Å²) < 4.78 is 86.0. The summed E-state index contributed by atoms with van der Waals surface area (Å²) in [6.07, 6.45) is 4.64. The number of aromatic nitrogens is 2. The summed E-state index contributed by atoms with van der Waals surface area (Å²) >= 11 is 0.